The topological polar surface area (TPSA) is 71.9 Å². The van der Waals surface area contributed by atoms with Gasteiger partial charge in [0, 0.05) is 11.8 Å². The van der Waals surface area contributed by atoms with Crippen molar-refractivity contribution in [2.75, 3.05) is 5.73 Å². The molecule has 1 aromatic heterocycles. The molecular formula is C8H5ClF3N3O. The lowest BCUT2D eigenvalue weighted by Gasteiger charge is -2.11. The molecule has 0 aliphatic rings. The van der Waals surface area contributed by atoms with Gasteiger partial charge in [-0.05, 0) is 0 Å². The van der Waals surface area contributed by atoms with Gasteiger partial charge in [0.05, 0.1) is 11.6 Å². The third-order valence-electron chi connectivity index (χ3n) is 1.63. The second-order valence-electron chi connectivity index (χ2n) is 2.67. The molecule has 1 heterocycles. The Morgan fingerprint density at radius 3 is 2.62 bits per heavy atom. The third kappa shape index (κ3) is 2.67. The fourth-order valence-corrected chi connectivity index (χ4v) is 1.16. The van der Waals surface area contributed by atoms with Crippen LogP contribution in [0.25, 0.3) is 0 Å². The van der Waals surface area contributed by atoms with Gasteiger partial charge in [-0.2, -0.15) is 5.26 Å². The van der Waals surface area contributed by atoms with Gasteiger partial charge in [0.1, 0.15) is 11.6 Å². The van der Waals surface area contributed by atoms with E-state index in [4.69, 9.17) is 22.6 Å². The van der Waals surface area contributed by atoms with Crippen LogP contribution in [-0.2, 0) is 5.88 Å². The molecule has 0 radical (unpaired) electrons. The number of ether oxygens (including phenoxy) is 1. The molecule has 0 spiro atoms. The molecule has 1 rings (SSSR count). The highest BCUT2D eigenvalue weighted by Crippen LogP contribution is 2.29. The van der Waals surface area contributed by atoms with Crippen LogP contribution in [-0.4, -0.2) is 11.3 Å². The van der Waals surface area contributed by atoms with Gasteiger partial charge < -0.3 is 10.5 Å². The fraction of sp³-hybridized carbons (Fsp3) is 0.250. The smallest absolute Gasteiger partial charge is 0.397 e. The largest absolute Gasteiger partial charge is 0.574 e. The number of nitrogens with zero attached hydrogens (tertiary/aromatic N) is 2. The summed E-state index contributed by atoms with van der Waals surface area (Å²) in [5.41, 5.74) is 5.06. The van der Waals surface area contributed by atoms with Crippen molar-refractivity contribution in [2.24, 2.45) is 0 Å². The Balaban J connectivity index is 3.23. The van der Waals surface area contributed by atoms with Crippen molar-refractivity contribution >= 4 is 17.3 Å². The first kappa shape index (κ1) is 12.4. The molecule has 86 valence electrons. The Labute approximate surface area is 93.4 Å². The number of pyridine rings is 1. The van der Waals surface area contributed by atoms with Gasteiger partial charge in [-0.25, -0.2) is 4.98 Å². The van der Waals surface area contributed by atoms with E-state index in [2.05, 4.69) is 9.72 Å². The van der Waals surface area contributed by atoms with E-state index in [9.17, 15) is 13.2 Å². The van der Waals surface area contributed by atoms with Crippen LogP contribution in [0.4, 0.5) is 18.9 Å². The molecule has 2 N–H and O–H groups in total. The van der Waals surface area contributed by atoms with E-state index < -0.39 is 17.8 Å². The SMILES string of the molecule is N#Cc1c(OC(F)(F)F)ncc(CCl)c1N. The Hall–Kier alpha value is -1.68. The maximum atomic E-state index is 11.9. The summed E-state index contributed by atoms with van der Waals surface area (Å²) in [6.45, 7) is 0. The zero-order chi connectivity index (χ0) is 12.3. The van der Waals surface area contributed by atoms with Gasteiger partial charge >= 0.3 is 6.36 Å². The minimum atomic E-state index is -4.92. The molecule has 0 saturated heterocycles. The molecule has 0 aliphatic heterocycles. The van der Waals surface area contributed by atoms with Crippen LogP contribution in [0.2, 0.25) is 0 Å². The number of aromatic nitrogens is 1. The van der Waals surface area contributed by atoms with E-state index in [1.54, 1.807) is 0 Å². The molecular weight excluding hydrogens is 247 g/mol. The molecule has 1 aromatic rings. The van der Waals surface area contributed by atoms with Crippen molar-refractivity contribution in [3.05, 3.63) is 17.3 Å². The summed E-state index contributed by atoms with van der Waals surface area (Å²) in [6.07, 6.45) is -3.89. The lowest BCUT2D eigenvalue weighted by molar-refractivity contribution is -0.276. The van der Waals surface area contributed by atoms with Crippen LogP contribution in [0.15, 0.2) is 6.20 Å². The molecule has 16 heavy (non-hydrogen) atoms. The molecule has 0 aromatic carbocycles. The Morgan fingerprint density at radius 2 is 2.19 bits per heavy atom. The number of hydrogen-bond donors (Lipinski definition) is 1. The number of anilines is 1. The summed E-state index contributed by atoms with van der Waals surface area (Å²) in [4.78, 5) is 3.34. The average molecular weight is 252 g/mol. The van der Waals surface area contributed by atoms with Gasteiger partial charge in [0.25, 0.3) is 0 Å². The lowest BCUT2D eigenvalue weighted by atomic mass is 10.2. The standard InChI is InChI=1S/C8H5ClF3N3O/c9-1-4-3-15-7(16-8(10,11)12)5(2-13)6(4)14/h3H,1H2,(H2,14,15). The van der Waals surface area contributed by atoms with E-state index in [0.29, 0.717) is 0 Å². The van der Waals surface area contributed by atoms with Gasteiger partial charge in [-0.1, -0.05) is 0 Å². The van der Waals surface area contributed by atoms with Crippen molar-refractivity contribution in [1.82, 2.24) is 4.98 Å². The van der Waals surface area contributed by atoms with Crippen molar-refractivity contribution in [1.29, 1.82) is 5.26 Å². The monoisotopic (exact) mass is 251 g/mol. The summed E-state index contributed by atoms with van der Waals surface area (Å²) in [7, 11) is 0. The number of nitriles is 1. The first-order chi connectivity index (χ1) is 7.39. The molecule has 0 atom stereocenters. The summed E-state index contributed by atoms with van der Waals surface area (Å²) in [5, 5.41) is 8.66. The Kier molecular flexibility index (Phi) is 3.44. The van der Waals surface area contributed by atoms with E-state index in [1.165, 1.54) is 6.07 Å². The zero-order valence-electron chi connectivity index (χ0n) is 7.68. The lowest BCUT2D eigenvalue weighted by Crippen LogP contribution is -2.19. The third-order valence-corrected chi connectivity index (χ3v) is 1.92. The highest BCUT2D eigenvalue weighted by atomic mass is 35.5. The number of alkyl halides is 4. The summed E-state index contributed by atoms with van der Waals surface area (Å²) >= 11 is 5.45. The number of nitrogen functional groups attached to an aromatic ring is 1. The predicted molar refractivity (Wildman–Crippen MR) is 49.6 cm³/mol. The number of nitrogens with two attached hydrogens (primary N) is 1. The molecule has 0 unspecified atom stereocenters. The van der Waals surface area contributed by atoms with Gasteiger partial charge in [0.2, 0.25) is 5.88 Å². The predicted octanol–water partition coefficient (Wildman–Crippen LogP) is 2.17. The Morgan fingerprint density at radius 1 is 1.56 bits per heavy atom. The zero-order valence-corrected chi connectivity index (χ0v) is 8.43. The summed E-state index contributed by atoms with van der Waals surface area (Å²) in [5.74, 6) is -0.929. The maximum absolute atomic E-state index is 11.9. The van der Waals surface area contributed by atoms with E-state index in [-0.39, 0.29) is 17.1 Å². The second kappa shape index (κ2) is 4.45. The van der Waals surface area contributed by atoms with Crippen molar-refractivity contribution in [3.63, 3.8) is 0 Å². The molecule has 0 bridgehead atoms. The highest BCUT2D eigenvalue weighted by Gasteiger charge is 2.33. The van der Waals surface area contributed by atoms with E-state index in [1.807, 2.05) is 0 Å². The minimum absolute atomic E-state index is 0.0557. The fourth-order valence-electron chi connectivity index (χ4n) is 0.948. The summed E-state index contributed by atoms with van der Waals surface area (Å²) < 4.78 is 39.3. The normalized spacial score (nSPS) is 10.9. The van der Waals surface area contributed by atoms with Crippen LogP contribution >= 0.6 is 11.6 Å². The second-order valence-corrected chi connectivity index (χ2v) is 2.94. The average Bonchev–Trinajstić information content (AvgIpc) is 2.16. The van der Waals surface area contributed by atoms with Crippen LogP contribution in [0.3, 0.4) is 0 Å². The van der Waals surface area contributed by atoms with Crippen molar-refractivity contribution in [3.8, 4) is 11.9 Å². The van der Waals surface area contributed by atoms with Crippen LogP contribution in [0.1, 0.15) is 11.1 Å². The van der Waals surface area contributed by atoms with Crippen LogP contribution in [0.5, 0.6) is 5.88 Å². The van der Waals surface area contributed by atoms with Crippen LogP contribution < -0.4 is 10.5 Å². The minimum Gasteiger partial charge on any atom is -0.397 e. The van der Waals surface area contributed by atoms with Crippen LogP contribution in [0, 0.1) is 11.3 Å². The molecule has 0 saturated carbocycles. The number of hydrogen-bond acceptors (Lipinski definition) is 4. The molecule has 0 fully saturated rings. The first-order valence-corrected chi connectivity index (χ1v) is 4.41. The van der Waals surface area contributed by atoms with Gasteiger partial charge in [-0.3, -0.25) is 0 Å². The molecule has 0 aliphatic carbocycles. The number of halogens is 4. The van der Waals surface area contributed by atoms with E-state index in [0.717, 1.165) is 6.20 Å². The summed E-state index contributed by atoms with van der Waals surface area (Å²) in [6, 6.07) is 1.49. The van der Waals surface area contributed by atoms with Crippen molar-refractivity contribution < 1.29 is 17.9 Å². The maximum Gasteiger partial charge on any atom is 0.574 e. The Bertz CT molecular complexity index is 441. The highest BCUT2D eigenvalue weighted by molar-refractivity contribution is 6.17. The molecule has 8 heteroatoms. The number of rotatable bonds is 2. The van der Waals surface area contributed by atoms with Gasteiger partial charge in [0.15, 0.2) is 0 Å². The van der Waals surface area contributed by atoms with E-state index >= 15 is 0 Å². The molecule has 4 nitrogen and oxygen atoms in total. The van der Waals surface area contributed by atoms with Crippen molar-refractivity contribution in [2.45, 2.75) is 12.2 Å². The molecule has 0 amide bonds. The quantitative estimate of drug-likeness (QED) is 0.818. The first-order valence-electron chi connectivity index (χ1n) is 3.88. The van der Waals surface area contributed by atoms with Gasteiger partial charge in [-0.15, -0.1) is 24.8 Å².